The molecular formula is C21H20N4O4. The summed E-state index contributed by atoms with van der Waals surface area (Å²) in [6.07, 6.45) is 0. The van der Waals surface area contributed by atoms with E-state index in [1.54, 1.807) is 42.9 Å². The van der Waals surface area contributed by atoms with Crippen LogP contribution >= 0.6 is 0 Å². The Morgan fingerprint density at radius 1 is 1.07 bits per heavy atom. The third kappa shape index (κ3) is 3.29. The van der Waals surface area contributed by atoms with Crippen LogP contribution in [0.1, 0.15) is 5.69 Å². The van der Waals surface area contributed by atoms with Gasteiger partial charge in [-0.1, -0.05) is 30.3 Å². The number of ether oxygens (including phenoxy) is 1. The molecular weight excluding hydrogens is 372 g/mol. The minimum atomic E-state index is -0.457. The quantitative estimate of drug-likeness (QED) is 0.734. The van der Waals surface area contributed by atoms with E-state index in [0.29, 0.717) is 22.8 Å². The van der Waals surface area contributed by atoms with Crippen LogP contribution in [0.15, 0.2) is 59.4 Å². The standard InChI is InChI=1S/C21H20N4O4/c1-14-20(21(28)25(23(14)2)15-8-4-3-5-9-15)22-18(26)12-24-16-10-6-7-11-17(16)29-13-19(24)27/h3-11H,12-13H2,1-2H3,(H,22,26). The molecule has 2 heterocycles. The van der Waals surface area contributed by atoms with Crippen LogP contribution in [0, 0.1) is 6.92 Å². The molecule has 0 aliphatic carbocycles. The molecule has 8 nitrogen and oxygen atoms in total. The van der Waals surface area contributed by atoms with E-state index < -0.39 is 5.91 Å². The molecule has 1 N–H and O–H groups in total. The maximum atomic E-state index is 12.9. The molecule has 1 aliphatic rings. The van der Waals surface area contributed by atoms with Crippen molar-refractivity contribution in [2.75, 3.05) is 23.4 Å². The van der Waals surface area contributed by atoms with Crippen LogP contribution in [0.3, 0.4) is 0 Å². The number of aromatic nitrogens is 2. The highest BCUT2D eigenvalue weighted by atomic mass is 16.5. The second-order valence-corrected chi connectivity index (χ2v) is 6.72. The number of hydrogen-bond acceptors (Lipinski definition) is 4. The number of hydrogen-bond donors (Lipinski definition) is 1. The minimum Gasteiger partial charge on any atom is -0.482 e. The first-order valence-corrected chi connectivity index (χ1v) is 9.13. The molecule has 29 heavy (non-hydrogen) atoms. The van der Waals surface area contributed by atoms with Crippen molar-refractivity contribution < 1.29 is 14.3 Å². The van der Waals surface area contributed by atoms with Gasteiger partial charge in [0.15, 0.2) is 6.61 Å². The van der Waals surface area contributed by atoms with Crippen molar-refractivity contribution in [1.82, 2.24) is 9.36 Å². The zero-order valence-corrected chi connectivity index (χ0v) is 16.1. The monoisotopic (exact) mass is 392 g/mol. The summed E-state index contributed by atoms with van der Waals surface area (Å²) < 4.78 is 8.56. The molecule has 0 unspecified atom stereocenters. The largest absolute Gasteiger partial charge is 0.482 e. The van der Waals surface area contributed by atoms with E-state index in [9.17, 15) is 14.4 Å². The number of benzene rings is 2. The van der Waals surface area contributed by atoms with E-state index in [-0.39, 0.29) is 30.3 Å². The minimum absolute atomic E-state index is 0.129. The summed E-state index contributed by atoms with van der Waals surface area (Å²) in [6.45, 7) is 1.42. The topological polar surface area (TPSA) is 85.6 Å². The van der Waals surface area contributed by atoms with Crippen LogP contribution in [-0.2, 0) is 16.6 Å². The molecule has 2 aromatic carbocycles. The SMILES string of the molecule is Cc1c(NC(=O)CN2C(=O)COc3ccccc32)c(=O)n(-c2ccccc2)n1C. The maximum Gasteiger partial charge on any atom is 0.295 e. The van der Waals surface area contributed by atoms with Crippen molar-refractivity contribution in [2.24, 2.45) is 7.05 Å². The Bertz CT molecular complexity index is 1150. The van der Waals surface area contributed by atoms with Crippen LogP contribution in [0.2, 0.25) is 0 Å². The molecule has 4 rings (SSSR count). The van der Waals surface area contributed by atoms with Gasteiger partial charge in [-0.25, -0.2) is 4.68 Å². The van der Waals surface area contributed by atoms with Gasteiger partial charge in [-0.15, -0.1) is 0 Å². The van der Waals surface area contributed by atoms with Crippen LogP contribution in [-0.4, -0.2) is 34.3 Å². The number of nitrogens with zero attached hydrogens (tertiary/aromatic N) is 3. The molecule has 0 radical (unpaired) electrons. The molecule has 0 saturated heterocycles. The fraction of sp³-hybridized carbons (Fsp3) is 0.190. The fourth-order valence-electron chi connectivity index (χ4n) is 3.36. The predicted molar refractivity (Wildman–Crippen MR) is 109 cm³/mol. The van der Waals surface area contributed by atoms with Gasteiger partial charge in [-0.3, -0.25) is 24.0 Å². The average Bonchev–Trinajstić information content (AvgIpc) is 2.94. The number of carbonyl (C=O) groups is 2. The smallest absolute Gasteiger partial charge is 0.295 e. The van der Waals surface area contributed by atoms with Gasteiger partial charge in [-0.05, 0) is 31.2 Å². The second-order valence-electron chi connectivity index (χ2n) is 6.72. The molecule has 2 amide bonds. The summed E-state index contributed by atoms with van der Waals surface area (Å²) >= 11 is 0. The molecule has 148 valence electrons. The van der Waals surface area contributed by atoms with Crippen molar-refractivity contribution in [2.45, 2.75) is 6.92 Å². The lowest BCUT2D eigenvalue weighted by molar-refractivity contribution is -0.123. The Balaban J connectivity index is 1.60. The molecule has 0 atom stereocenters. The lowest BCUT2D eigenvalue weighted by atomic mass is 10.2. The highest BCUT2D eigenvalue weighted by Crippen LogP contribution is 2.31. The van der Waals surface area contributed by atoms with E-state index >= 15 is 0 Å². The van der Waals surface area contributed by atoms with Gasteiger partial charge in [-0.2, -0.15) is 0 Å². The number of para-hydroxylation sites is 3. The van der Waals surface area contributed by atoms with E-state index in [2.05, 4.69) is 5.32 Å². The van der Waals surface area contributed by atoms with Crippen molar-refractivity contribution in [1.29, 1.82) is 0 Å². The first-order valence-electron chi connectivity index (χ1n) is 9.13. The normalized spacial score (nSPS) is 13.0. The van der Waals surface area contributed by atoms with Crippen molar-refractivity contribution in [3.63, 3.8) is 0 Å². The van der Waals surface area contributed by atoms with Crippen LogP contribution in [0.5, 0.6) is 5.75 Å². The molecule has 1 aromatic heterocycles. The summed E-state index contributed by atoms with van der Waals surface area (Å²) in [7, 11) is 1.75. The predicted octanol–water partition coefficient (Wildman–Crippen LogP) is 1.85. The van der Waals surface area contributed by atoms with E-state index in [0.717, 1.165) is 0 Å². The summed E-state index contributed by atoms with van der Waals surface area (Å²) in [5, 5.41) is 2.68. The highest BCUT2D eigenvalue weighted by molar-refractivity contribution is 6.05. The van der Waals surface area contributed by atoms with Crippen LogP contribution < -0.4 is 20.5 Å². The molecule has 8 heteroatoms. The highest BCUT2D eigenvalue weighted by Gasteiger charge is 2.28. The van der Waals surface area contributed by atoms with Crippen molar-refractivity contribution in [3.05, 3.63) is 70.6 Å². The molecule has 3 aromatic rings. The average molecular weight is 392 g/mol. The van der Waals surface area contributed by atoms with Gasteiger partial charge in [0.2, 0.25) is 5.91 Å². The third-order valence-electron chi connectivity index (χ3n) is 4.93. The molecule has 0 saturated carbocycles. The van der Waals surface area contributed by atoms with Crippen molar-refractivity contribution in [3.8, 4) is 11.4 Å². The summed E-state index contributed by atoms with van der Waals surface area (Å²) in [4.78, 5) is 39.3. The van der Waals surface area contributed by atoms with Gasteiger partial charge in [0, 0.05) is 7.05 Å². The Hall–Kier alpha value is -3.81. The number of nitrogens with one attached hydrogen (secondary N) is 1. The number of anilines is 2. The second kappa shape index (κ2) is 7.31. The van der Waals surface area contributed by atoms with E-state index in [4.69, 9.17) is 4.74 Å². The van der Waals surface area contributed by atoms with Gasteiger partial charge in [0.05, 0.1) is 17.1 Å². The van der Waals surface area contributed by atoms with Gasteiger partial charge in [0.1, 0.15) is 18.0 Å². The first kappa shape index (κ1) is 18.5. The van der Waals surface area contributed by atoms with Gasteiger partial charge < -0.3 is 10.1 Å². The van der Waals surface area contributed by atoms with Gasteiger partial charge >= 0.3 is 0 Å². The number of rotatable bonds is 4. The van der Waals surface area contributed by atoms with Crippen LogP contribution in [0.4, 0.5) is 11.4 Å². The molecule has 0 fully saturated rings. The fourth-order valence-corrected chi connectivity index (χ4v) is 3.36. The molecule has 0 bridgehead atoms. The zero-order chi connectivity index (χ0) is 20.5. The Kier molecular flexibility index (Phi) is 4.67. The van der Waals surface area contributed by atoms with Crippen molar-refractivity contribution >= 4 is 23.2 Å². The number of carbonyl (C=O) groups excluding carboxylic acids is 2. The summed E-state index contributed by atoms with van der Waals surface area (Å²) in [5.74, 6) is -0.228. The maximum absolute atomic E-state index is 12.9. The van der Waals surface area contributed by atoms with Crippen LogP contribution in [0.25, 0.3) is 5.69 Å². The van der Waals surface area contributed by atoms with E-state index in [1.165, 1.54) is 9.58 Å². The number of fused-ring (bicyclic) bond motifs is 1. The molecule has 1 aliphatic heterocycles. The lowest BCUT2D eigenvalue weighted by Crippen LogP contribution is -2.43. The van der Waals surface area contributed by atoms with E-state index in [1.807, 2.05) is 30.3 Å². The summed E-state index contributed by atoms with van der Waals surface area (Å²) in [5.41, 5.74) is 1.70. The first-order chi connectivity index (χ1) is 14.0. The Labute approximate surface area is 166 Å². The number of amides is 2. The lowest BCUT2D eigenvalue weighted by Gasteiger charge is -2.28. The zero-order valence-electron chi connectivity index (χ0n) is 16.1. The molecule has 0 spiro atoms. The Morgan fingerprint density at radius 2 is 1.76 bits per heavy atom. The summed E-state index contributed by atoms with van der Waals surface area (Å²) in [6, 6.07) is 16.2. The third-order valence-corrected chi connectivity index (χ3v) is 4.93. The van der Waals surface area contributed by atoms with Gasteiger partial charge in [0.25, 0.3) is 11.5 Å². The Morgan fingerprint density at radius 3 is 2.52 bits per heavy atom.